The number of amides is 1. The van der Waals surface area contributed by atoms with E-state index in [4.69, 9.17) is 19.8 Å². The molecule has 3 aromatic rings. The van der Waals surface area contributed by atoms with Crippen LogP contribution in [0.4, 0.5) is 11.5 Å². The van der Waals surface area contributed by atoms with Gasteiger partial charge in [-0.1, -0.05) is 18.2 Å². The summed E-state index contributed by atoms with van der Waals surface area (Å²) in [5.41, 5.74) is 3.69. The summed E-state index contributed by atoms with van der Waals surface area (Å²) in [4.78, 5) is 45.1. The van der Waals surface area contributed by atoms with Crippen LogP contribution >= 0.6 is 0 Å². The van der Waals surface area contributed by atoms with E-state index in [9.17, 15) is 4.79 Å². The summed E-state index contributed by atoms with van der Waals surface area (Å²) in [6, 6.07) is 12.8. The number of nitrogens with one attached hydrogen (secondary N) is 2. The minimum absolute atomic E-state index is 0.0676. The zero-order chi connectivity index (χ0) is 26.4. The van der Waals surface area contributed by atoms with Gasteiger partial charge in [-0.2, -0.15) is 0 Å². The van der Waals surface area contributed by atoms with Crippen molar-refractivity contribution in [3.05, 3.63) is 54.4 Å². The van der Waals surface area contributed by atoms with Crippen LogP contribution in [0.25, 0.3) is 10.9 Å². The maximum Gasteiger partial charge on any atom is 0.414 e. The molecule has 5 rings (SSSR count). The third kappa shape index (κ3) is 6.36. The molecular weight excluding hydrogens is 476 g/mol. The van der Waals surface area contributed by atoms with E-state index in [0.29, 0.717) is 12.5 Å². The number of hydrogen-bond donors (Lipinski definition) is 4. The second-order valence-corrected chi connectivity index (χ2v) is 9.14. The Morgan fingerprint density at radius 1 is 1.08 bits per heavy atom. The summed E-state index contributed by atoms with van der Waals surface area (Å²) in [6.45, 7) is 6.58. The van der Waals surface area contributed by atoms with E-state index in [2.05, 4.69) is 66.4 Å². The van der Waals surface area contributed by atoms with Gasteiger partial charge in [0.05, 0.1) is 18.3 Å². The van der Waals surface area contributed by atoms with Gasteiger partial charge in [-0.25, -0.2) is 14.6 Å². The van der Waals surface area contributed by atoms with Gasteiger partial charge in [-0.3, -0.25) is 9.69 Å². The Hall–Kier alpha value is -4.12. The van der Waals surface area contributed by atoms with Crippen molar-refractivity contribution in [1.29, 1.82) is 0 Å². The third-order valence-electron chi connectivity index (χ3n) is 6.87. The molecule has 11 nitrogen and oxygen atoms in total. The van der Waals surface area contributed by atoms with Crippen molar-refractivity contribution in [2.75, 3.05) is 62.7 Å². The summed E-state index contributed by atoms with van der Waals surface area (Å²) in [5.74, 6) is -2.03. The fourth-order valence-corrected chi connectivity index (χ4v) is 4.88. The fourth-order valence-electron chi connectivity index (χ4n) is 4.88. The number of likely N-dealkylation sites (N-methyl/N-ethyl adjacent to an activating group) is 1. The van der Waals surface area contributed by atoms with Gasteiger partial charge in [0.2, 0.25) is 5.91 Å². The molecule has 1 unspecified atom stereocenters. The highest BCUT2D eigenvalue weighted by Crippen LogP contribution is 2.37. The van der Waals surface area contributed by atoms with Crippen molar-refractivity contribution in [2.45, 2.75) is 12.3 Å². The molecular formula is C26H32N6O5. The number of carbonyl (C=O) groups excluding carboxylic acids is 1. The SMILES string of the molecule is CNC(=O)CN1CC(CCN2CCN(c3cc4cc[nH]c4cn3)CC2)c2ccccc21.O=C(O)C(=O)O. The number of carboxylic acids is 2. The quantitative estimate of drug-likeness (QED) is 0.365. The molecule has 0 saturated carbocycles. The maximum atomic E-state index is 11.9. The summed E-state index contributed by atoms with van der Waals surface area (Å²) in [6.07, 6.45) is 5.01. The maximum absolute atomic E-state index is 11.9. The Morgan fingerprint density at radius 3 is 2.51 bits per heavy atom. The molecule has 11 heteroatoms. The number of benzene rings is 1. The molecule has 0 bridgehead atoms. The molecule has 2 aliphatic rings. The van der Waals surface area contributed by atoms with E-state index in [1.807, 2.05) is 12.4 Å². The minimum atomic E-state index is -1.82. The van der Waals surface area contributed by atoms with Crippen LogP contribution in [0.2, 0.25) is 0 Å². The first-order chi connectivity index (χ1) is 17.9. The molecule has 4 N–H and O–H groups in total. The topological polar surface area (TPSA) is 142 Å². The number of piperazine rings is 1. The molecule has 0 radical (unpaired) electrons. The lowest BCUT2D eigenvalue weighted by Crippen LogP contribution is -2.47. The second kappa shape index (κ2) is 11.7. The van der Waals surface area contributed by atoms with Crippen LogP contribution < -0.4 is 15.1 Å². The van der Waals surface area contributed by atoms with Crippen molar-refractivity contribution < 1.29 is 24.6 Å². The van der Waals surface area contributed by atoms with Crippen LogP contribution in [0, 0.1) is 0 Å². The average molecular weight is 509 g/mol. The number of aromatic amines is 1. The van der Waals surface area contributed by atoms with Gasteiger partial charge < -0.3 is 30.3 Å². The number of aromatic nitrogens is 2. The lowest BCUT2D eigenvalue weighted by Gasteiger charge is -2.35. The van der Waals surface area contributed by atoms with Gasteiger partial charge in [0.1, 0.15) is 5.82 Å². The molecule has 2 aliphatic heterocycles. The van der Waals surface area contributed by atoms with E-state index < -0.39 is 11.9 Å². The van der Waals surface area contributed by atoms with Crippen molar-refractivity contribution in [1.82, 2.24) is 20.2 Å². The first-order valence-corrected chi connectivity index (χ1v) is 12.3. The number of rotatable bonds is 6. The largest absolute Gasteiger partial charge is 0.473 e. The van der Waals surface area contributed by atoms with Crippen molar-refractivity contribution in [2.24, 2.45) is 0 Å². The number of aliphatic carboxylic acids is 2. The van der Waals surface area contributed by atoms with Gasteiger partial charge in [0.25, 0.3) is 0 Å². The zero-order valence-electron chi connectivity index (χ0n) is 20.8. The van der Waals surface area contributed by atoms with Gasteiger partial charge in [0.15, 0.2) is 0 Å². The highest BCUT2D eigenvalue weighted by atomic mass is 16.4. The highest BCUT2D eigenvalue weighted by Gasteiger charge is 2.30. The van der Waals surface area contributed by atoms with Gasteiger partial charge in [-0.05, 0) is 36.7 Å². The van der Waals surface area contributed by atoms with Crippen LogP contribution in [-0.2, 0) is 14.4 Å². The number of hydrogen-bond acceptors (Lipinski definition) is 7. The smallest absolute Gasteiger partial charge is 0.414 e. The monoisotopic (exact) mass is 508 g/mol. The number of pyridine rings is 1. The first kappa shape index (κ1) is 26.0. The van der Waals surface area contributed by atoms with Crippen LogP contribution in [0.5, 0.6) is 0 Å². The van der Waals surface area contributed by atoms with E-state index >= 15 is 0 Å². The summed E-state index contributed by atoms with van der Waals surface area (Å²) in [7, 11) is 1.70. The van der Waals surface area contributed by atoms with E-state index in [-0.39, 0.29) is 5.91 Å². The lowest BCUT2D eigenvalue weighted by molar-refractivity contribution is -0.159. The normalized spacial score (nSPS) is 17.2. The second-order valence-electron chi connectivity index (χ2n) is 9.14. The van der Waals surface area contributed by atoms with Crippen molar-refractivity contribution in [3.63, 3.8) is 0 Å². The highest BCUT2D eigenvalue weighted by molar-refractivity contribution is 6.27. The number of carboxylic acid groups (broad SMARTS) is 2. The third-order valence-corrected chi connectivity index (χ3v) is 6.87. The lowest BCUT2D eigenvalue weighted by atomic mass is 9.97. The van der Waals surface area contributed by atoms with Crippen molar-refractivity contribution in [3.8, 4) is 0 Å². The van der Waals surface area contributed by atoms with Gasteiger partial charge in [0, 0.05) is 63.0 Å². The van der Waals surface area contributed by atoms with E-state index in [0.717, 1.165) is 57.0 Å². The predicted molar refractivity (Wildman–Crippen MR) is 140 cm³/mol. The number of H-pyrrole nitrogens is 1. The summed E-state index contributed by atoms with van der Waals surface area (Å²) in [5, 5.41) is 18.7. The molecule has 2 aromatic heterocycles. The molecule has 4 heterocycles. The first-order valence-electron chi connectivity index (χ1n) is 12.3. The molecule has 0 aliphatic carbocycles. The molecule has 0 spiro atoms. The Balaban J connectivity index is 0.000000480. The predicted octanol–water partition coefficient (Wildman–Crippen LogP) is 1.58. The number of anilines is 2. The average Bonchev–Trinajstić information content (AvgIpc) is 3.52. The molecule has 1 fully saturated rings. The van der Waals surface area contributed by atoms with Crippen LogP contribution in [-0.4, -0.2) is 95.8 Å². The standard InChI is InChI=1S/C24H30N6O.C2H2O4/c1-25-24(31)17-30-16-19(20-4-2-3-5-22(20)30)7-9-28-10-12-29(13-11-28)23-14-18-6-8-26-21(18)15-27-23;3-1(4)2(5)6/h2-6,8,14-15,19,26H,7,9-13,16-17H2,1H3,(H,25,31);(H,3,4)(H,5,6). The Kier molecular flexibility index (Phi) is 8.24. The Morgan fingerprint density at radius 2 is 1.81 bits per heavy atom. The number of fused-ring (bicyclic) bond motifs is 2. The Labute approximate surface area is 214 Å². The van der Waals surface area contributed by atoms with Crippen LogP contribution in [0.3, 0.4) is 0 Å². The van der Waals surface area contributed by atoms with Crippen molar-refractivity contribution >= 4 is 40.3 Å². The molecule has 1 atom stereocenters. The summed E-state index contributed by atoms with van der Waals surface area (Å²) < 4.78 is 0. The molecule has 37 heavy (non-hydrogen) atoms. The summed E-state index contributed by atoms with van der Waals surface area (Å²) >= 11 is 0. The number of nitrogens with zero attached hydrogens (tertiary/aromatic N) is 4. The zero-order valence-corrected chi connectivity index (χ0v) is 20.8. The fraction of sp³-hybridized carbons (Fsp3) is 0.385. The van der Waals surface area contributed by atoms with Gasteiger partial charge >= 0.3 is 11.9 Å². The molecule has 1 saturated heterocycles. The number of carbonyl (C=O) groups is 3. The van der Waals surface area contributed by atoms with Crippen LogP contribution in [0.15, 0.2) is 48.8 Å². The van der Waals surface area contributed by atoms with E-state index in [1.54, 1.807) is 7.05 Å². The molecule has 196 valence electrons. The number of para-hydroxylation sites is 1. The van der Waals surface area contributed by atoms with E-state index in [1.165, 1.54) is 16.6 Å². The van der Waals surface area contributed by atoms with Gasteiger partial charge in [-0.15, -0.1) is 0 Å². The minimum Gasteiger partial charge on any atom is -0.473 e. The molecule has 1 amide bonds. The molecule has 1 aromatic carbocycles. The Bertz CT molecular complexity index is 1240. The van der Waals surface area contributed by atoms with Crippen LogP contribution in [0.1, 0.15) is 17.9 Å².